The minimum atomic E-state index is -0.700. The number of benzene rings is 17. The van der Waals surface area contributed by atoms with Gasteiger partial charge in [-0.15, -0.1) is 0 Å². The zero-order valence-electron chi connectivity index (χ0n) is 78.9. The molecule has 560 valence electrons. The molecule has 0 aliphatic carbocycles. The molecule has 120 heavy (non-hydrogen) atoms. The summed E-state index contributed by atoms with van der Waals surface area (Å²) < 4.78 is 171. The number of aromatic nitrogens is 8. The summed E-state index contributed by atoms with van der Waals surface area (Å²) in [6.07, 6.45) is 0. The summed E-state index contributed by atoms with van der Waals surface area (Å²) in [7, 11) is 0. The Labute approximate surface area is 707 Å². The Balaban J connectivity index is 0.000000151. The molecule has 0 radical (unpaired) electrons. The Morgan fingerprint density at radius 1 is 0.217 bits per heavy atom. The molecule has 25 aromatic rings. The first-order chi connectivity index (χ1) is 66.1. The van der Waals surface area contributed by atoms with Gasteiger partial charge < -0.3 is 17.7 Å². The maximum absolute atomic E-state index is 9.89. The van der Waals surface area contributed by atoms with Gasteiger partial charge in [0, 0.05) is 86.9 Å². The van der Waals surface area contributed by atoms with Gasteiger partial charge in [0.25, 0.3) is 0 Å². The zero-order chi connectivity index (χ0) is 92.8. The summed E-state index contributed by atoms with van der Waals surface area (Å²) in [6, 6.07) is 86.5. The summed E-state index contributed by atoms with van der Waals surface area (Å²) in [6.45, 7) is 0. The molecule has 0 aliphatic heterocycles. The Morgan fingerprint density at radius 3 is 1.23 bits per heavy atom. The highest BCUT2D eigenvalue weighted by molar-refractivity contribution is 6.23. The molecule has 12 heteroatoms. The van der Waals surface area contributed by atoms with Crippen molar-refractivity contribution < 1.29 is 39.6 Å². The number of rotatable bonds is 11. The number of hydrogen-bond donors (Lipinski definition) is 0. The van der Waals surface area contributed by atoms with Gasteiger partial charge in [-0.3, -0.25) is 9.13 Å². The van der Waals surface area contributed by atoms with Crippen molar-refractivity contribution >= 4 is 131 Å². The SMILES string of the molecule is [2H]c1c([2H])c([2H])c(-c2c([2H])c([2H])c([2H])c3oc4c([2H])c(-c5nc(-c6cc(-c7ccccc7)cc(-c7ccccc7)c6)nc(-n6c7ccccc7c7ccc8c9ccccc9oc8c76)n5)c([2H])c([2H])c4c23)c([2H])c1[2H].[2H]c1c([2H])c([2H])c(-c2cccc3oc4cc(-c5nc(-c6ccc(-c7ccccc7)cc6)nc(-n6c7ccccc7c7ccc8c9ccccc9oc8c76)n5)ccc4c23)c([2H])c1[2H]. The van der Waals surface area contributed by atoms with E-state index in [0.29, 0.717) is 78.4 Å². The Kier molecular flexibility index (Phi) is 12.4. The van der Waals surface area contributed by atoms with Gasteiger partial charge in [0.2, 0.25) is 11.9 Å². The van der Waals surface area contributed by atoms with Crippen molar-refractivity contribution in [3.63, 3.8) is 0 Å². The van der Waals surface area contributed by atoms with Gasteiger partial charge in [-0.25, -0.2) is 9.97 Å². The van der Waals surface area contributed by atoms with E-state index in [-0.39, 0.29) is 68.3 Å². The van der Waals surface area contributed by atoms with E-state index in [1.165, 1.54) is 0 Å². The van der Waals surface area contributed by atoms with Gasteiger partial charge in [-0.05, 0) is 147 Å². The lowest BCUT2D eigenvalue weighted by atomic mass is 9.96. The predicted molar refractivity (Wildman–Crippen MR) is 486 cm³/mol. The third-order valence-electron chi connectivity index (χ3n) is 22.2. The highest BCUT2D eigenvalue weighted by Crippen LogP contribution is 2.46. The average molecular weight is 1550 g/mol. The lowest BCUT2D eigenvalue weighted by molar-refractivity contribution is 0.668. The van der Waals surface area contributed by atoms with Crippen molar-refractivity contribution in [3.8, 4) is 113 Å². The summed E-state index contributed by atoms with van der Waals surface area (Å²) in [4.78, 5) is 31.0. The van der Waals surface area contributed by atoms with Gasteiger partial charge in [-0.2, -0.15) is 19.9 Å². The number of para-hydroxylation sites is 4. The van der Waals surface area contributed by atoms with Crippen LogP contribution in [0.4, 0.5) is 0 Å². The van der Waals surface area contributed by atoms with Crippen LogP contribution < -0.4 is 0 Å². The Hall–Kier alpha value is -16.4. The van der Waals surface area contributed by atoms with Gasteiger partial charge >= 0.3 is 0 Å². The average Bonchev–Trinajstić information content (AvgIpc) is 1.55. The van der Waals surface area contributed by atoms with E-state index in [4.69, 9.17) is 65.4 Å². The molecule has 17 aromatic carbocycles. The number of furan rings is 4. The molecule has 0 saturated heterocycles. The topological polar surface area (TPSA) is 140 Å². The fourth-order valence-electron chi connectivity index (χ4n) is 16.8. The van der Waals surface area contributed by atoms with E-state index >= 15 is 0 Å². The molecule has 0 aliphatic rings. The van der Waals surface area contributed by atoms with Crippen molar-refractivity contribution in [2.75, 3.05) is 0 Å². The van der Waals surface area contributed by atoms with Crippen LogP contribution in [-0.2, 0) is 0 Å². The molecule has 0 unspecified atom stereocenters. The molecule has 0 atom stereocenters. The van der Waals surface area contributed by atoms with Crippen molar-refractivity contribution in [2.24, 2.45) is 0 Å². The van der Waals surface area contributed by atoms with Crippen LogP contribution in [0.3, 0.4) is 0 Å². The molecule has 25 rings (SSSR count). The van der Waals surface area contributed by atoms with Gasteiger partial charge in [-0.1, -0.05) is 297 Å². The van der Waals surface area contributed by atoms with Gasteiger partial charge in [0.05, 0.1) is 33.0 Å². The fraction of sp³-hybridized carbons (Fsp3) is 0. The van der Waals surface area contributed by atoms with Crippen LogP contribution in [-0.4, -0.2) is 39.0 Å². The lowest BCUT2D eigenvalue weighted by Gasteiger charge is -2.13. The van der Waals surface area contributed by atoms with Crippen LogP contribution in [0.15, 0.2) is 406 Å². The largest absolute Gasteiger partial charge is 0.456 e. The number of fused-ring (bicyclic) bond motifs is 20. The maximum Gasteiger partial charge on any atom is 0.238 e. The smallest absolute Gasteiger partial charge is 0.238 e. The van der Waals surface area contributed by atoms with E-state index in [0.717, 1.165) is 104 Å². The van der Waals surface area contributed by atoms with E-state index in [2.05, 4.69) is 65.2 Å². The van der Waals surface area contributed by atoms with E-state index < -0.39 is 90.2 Å². The highest BCUT2D eigenvalue weighted by atomic mass is 16.3. The fourth-order valence-corrected chi connectivity index (χ4v) is 16.8. The molecule has 0 saturated carbocycles. The monoisotopic (exact) mass is 1550 g/mol. The van der Waals surface area contributed by atoms with Crippen LogP contribution in [0.2, 0.25) is 0 Å². The van der Waals surface area contributed by atoms with Crippen LogP contribution in [0.5, 0.6) is 0 Å². The van der Waals surface area contributed by atoms with Crippen molar-refractivity contribution in [1.29, 1.82) is 0 Å². The number of nitrogens with zero attached hydrogens (tertiary/aromatic N) is 8. The van der Waals surface area contributed by atoms with Crippen molar-refractivity contribution in [1.82, 2.24) is 39.0 Å². The van der Waals surface area contributed by atoms with E-state index in [1.807, 2.05) is 223 Å². The second kappa shape index (κ2) is 27.7. The molecule has 8 aromatic heterocycles. The molecule has 0 bridgehead atoms. The van der Waals surface area contributed by atoms with E-state index in [1.54, 1.807) is 12.1 Å². The first-order valence-corrected chi connectivity index (χ1v) is 38.8. The molecular weight excluding hydrogens is 1470 g/mol. The molecule has 0 amide bonds. The Morgan fingerprint density at radius 2 is 0.650 bits per heavy atom. The normalized spacial score (nSPS) is 13.7. The second-order valence-electron chi connectivity index (χ2n) is 29.1. The highest BCUT2D eigenvalue weighted by Gasteiger charge is 2.27. The van der Waals surface area contributed by atoms with Crippen LogP contribution in [0, 0.1) is 0 Å². The standard InChI is InChI=1S/C57H34N4O2.C51H30N4O2/c1-4-15-35(16-5-1)39-31-40(36-17-6-2-7-18-36)33-41(32-39)56-58-55(38-27-28-47-51(34-38)62-50-26-14-23-42(52(47)50)37-19-8-3-9-20-37)59-57(60-56)61-48-24-12-10-21-43(48)45-29-30-46-44-22-11-13-25-49(44)63-54(46)53(45)61;1-3-12-31(13-4-1)32-22-24-34(25-23-32)49-52-50(35-26-27-41-45(30-35)56-44-21-11-18-36(46(41)44)33-14-5-2-6-15-33)54-51(53-49)55-42-19-9-7-16-37(42)39-28-29-40-38-17-8-10-20-43(38)57-48(40)47(39)55/h1-34H;1-30H/i3D,8D,9D,14D,19D,20D,23D,26D,27D,28D,34D;2D,5D,6D,14D,15D. The molecule has 0 spiro atoms. The summed E-state index contributed by atoms with van der Waals surface area (Å²) in [5, 5.41) is 8.42. The summed E-state index contributed by atoms with van der Waals surface area (Å²) >= 11 is 0. The van der Waals surface area contributed by atoms with Gasteiger partial charge in [0.1, 0.15) is 44.5 Å². The maximum atomic E-state index is 9.89. The molecule has 0 fully saturated rings. The molecule has 8 heterocycles. The minimum absolute atomic E-state index is 0.0974. The quantitative estimate of drug-likeness (QED) is 0.123. The predicted octanol–water partition coefficient (Wildman–Crippen LogP) is 28.5. The first-order valence-electron chi connectivity index (χ1n) is 46.8. The summed E-state index contributed by atoms with van der Waals surface area (Å²) in [5.74, 6) is 1.37. The van der Waals surface area contributed by atoms with Crippen molar-refractivity contribution in [2.45, 2.75) is 0 Å². The van der Waals surface area contributed by atoms with Crippen LogP contribution in [0.25, 0.3) is 244 Å². The molecule has 0 N–H and O–H groups in total. The second-order valence-corrected chi connectivity index (χ2v) is 29.1. The van der Waals surface area contributed by atoms with Crippen LogP contribution >= 0.6 is 0 Å². The Bertz CT molecular complexity index is 9360. The third kappa shape index (κ3) is 11.3. The first kappa shape index (κ1) is 53.6. The third-order valence-corrected chi connectivity index (χ3v) is 22.2. The van der Waals surface area contributed by atoms with Crippen molar-refractivity contribution in [3.05, 3.63) is 388 Å². The molecular formula is C108H64N8O4. The van der Waals surface area contributed by atoms with E-state index in [9.17, 15) is 4.11 Å². The van der Waals surface area contributed by atoms with Crippen LogP contribution in [0.1, 0.15) is 21.9 Å². The summed E-state index contributed by atoms with van der Waals surface area (Å²) in [5.41, 5.74) is 13.5. The van der Waals surface area contributed by atoms with Gasteiger partial charge in [0.15, 0.2) is 34.5 Å². The molecule has 12 nitrogen and oxygen atoms in total. The number of hydrogen-bond acceptors (Lipinski definition) is 10. The minimum Gasteiger partial charge on any atom is -0.456 e. The zero-order valence-corrected chi connectivity index (χ0v) is 62.9. The lowest BCUT2D eigenvalue weighted by Crippen LogP contribution is -2.06.